The molecule has 0 saturated carbocycles. The number of nitrogens with one attached hydrogen (secondary N) is 1. The summed E-state index contributed by atoms with van der Waals surface area (Å²) in [4.78, 5) is 4.22. The van der Waals surface area contributed by atoms with Gasteiger partial charge in [0.05, 0.1) is 23.5 Å². The standard InChI is InChI=1S/C14H13N3/c1-11-5-6-14(12(8-11)9-15)17-10-13-4-2-3-7-16-13/h2-8,17H,10H2,1H3. The Hall–Kier alpha value is -2.34. The van der Waals surface area contributed by atoms with Gasteiger partial charge < -0.3 is 5.32 Å². The molecule has 1 N–H and O–H groups in total. The van der Waals surface area contributed by atoms with E-state index in [9.17, 15) is 0 Å². The minimum absolute atomic E-state index is 0.624. The second-order valence-corrected chi connectivity index (χ2v) is 3.84. The van der Waals surface area contributed by atoms with Crippen LogP contribution in [0, 0.1) is 18.3 Å². The average Bonchev–Trinajstić information content (AvgIpc) is 2.38. The molecule has 0 unspecified atom stereocenters. The van der Waals surface area contributed by atoms with Crippen LogP contribution in [-0.2, 0) is 6.54 Å². The van der Waals surface area contributed by atoms with Crippen molar-refractivity contribution < 1.29 is 0 Å². The van der Waals surface area contributed by atoms with E-state index in [0.29, 0.717) is 12.1 Å². The SMILES string of the molecule is Cc1ccc(NCc2ccccn2)c(C#N)c1. The van der Waals surface area contributed by atoms with E-state index in [1.54, 1.807) is 6.20 Å². The Morgan fingerprint density at radius 2 is 2.18 bits per heavy atom. The Kier molecular flexibility index (Phi) is 3.37. The highest BCUT2D eigenvalue weighted by atomic mass is 14.9. The highest BCUT2D eigenvalue weighted by molar-refractivity contribution is 5.58. The summed E-state index contributed by atoms with van der Waals surface area (Å²) in [6.45, 7) is 2.60. The summed E-state index contributed by atoms with van der Waals surface area (Å²) in [6.07, 6.45) is 1.76. The van der Waals surface area contributed by atoms with Gasteiger partial charge >= 0.3 is 0 Å². The molecular formula is C14H13N3. The molecule has 0 atom stereocenters. The molecule has 2 rings (SSSR count). The summed E-state index contributed by atoms with van der Waals surface area (Å²) in [5.74, 6) is 0. The van der Waals surface area contributed by atoms with Gasteiger partial charge in [0, 0.05) is 6.20 Å². The largest absolute Gasteiger partial charge is 0.378 e. The van der Waals surface area contributed by atoms with Crippen molar-refractivity contribution in [2.75, 3.05) is 5.32 Å². The fourth-order valence-electron chi connectivity index (χ4n) is 1.59. The second-order valence-electron chi connectivity index (χ2n) is 3.84. The second kappa shape index (κ2) is 5.13. The van der Waals surface area contributed by atoms with Crippen LogP contribution in [0.2, 0.25) is 0 Å². The fourth-order valence-corrected chi connectivity index (χ4v) is 1.59. The lowest BCUT2D eigenvalue weighted by Gasteiger charge is -2.08. The molecule has 1 aromatic carbocycles. The summed E-state index contributed by atoms with van der Waals surface area (Å²) in [5.41, 5.74) is 3.56. The van der Waals surface area contributed by atoms with Crippen molar-refractivity contribution in [3.05, 3.63) is 59.4 Å². The van der Waals surface area contributed by atoms with E-state index in [2.05, 4.69) is 16.4 Å². The molecule has 1 aromatic heterocycles. The number of nitriles is 1. The van der Waals surface area contributed by atoms with Crippen LogP contribution in [0.3, 0.4) is 0 Å². The first-order valence-corrected chi connectivity index (χ1v) is 5.44. The van der Waals surface area contributed by atoms with Crippen LogP contribution in [0.15, 0.2) is 42.6 Å². The van der Waals surface area contributed by atoms with E-state index < -0.39 is 0 Å². The predicted octanol–water partition coefficient (Wildman–Crippen LogP) is 2.87. The van der Waals surface area contributed by atoms with Gasteiger partial charge in [-0.1, -0.05) is 12.1 Å². The zero-order valence-corrected chi connectivity index (χ0v) is 9.64. The van der Waals surface area contributed by atoms with Gasteiger partial charge in [0.1, 0.15) is 6.07 Å². The summed E-state index contributed by atoms with van der Waals surface area (Å²) in [5, 5.41) is 12.3. The smallest absolute Gasteiger partial charge is 0.101 e. The molecule has 0 aliphatic rings. The van der Waals surface area contributed by atoms with Crippen molar-refractivity contribution in [3.63, 3.8) is 0 Å². The first kappa shape index (κ1) is 11.2. The van der Waals surface area contributed by atoms with Crippen LogP contribution in [0.4, 0.5) is 5.69 Å². The first-order valence-electron chi connectivity index (χ1n) is 5.44. The molecule has 0 saturated heterocycles. The zero-order chi connectivity index (χ0) is 12.1. The summed E-state index contributed by atoms with van der Waals surface area (Å²) >= 11 is 0. The van der Waals surface area contributed by atoms with Crippen molar-refractivity contribution in [1.29, 1.82) is 5.26 Å². The molecule has 0 fully saturated rings. The molecule has 3 nitrogen and oxygen atoms in total. The molecule has 1 heterocycles. The van der Waals surface area contributed by atoms with Crippen molar-refractivity contribution in [2.24, 2.45) is 0 Å². The van der Waals surface area contributed by atoms with Crippen LogP contribution in [0.25, 0.3) is 0 Å². The Balaban J connectivity index is 2.12. The lowest BCUT2D eigenvalue weighted by Crippen LogP contribution is -2.02. The lowest BCUT2D eigenvalue weighted by atomic mass is 10.1. The number of hydrogen-bond acceptors (Lipinski definition) is 3. The number of nitrogens with zero attached hydrogens (tertiary/aromatic N) is 2. The highest BCUT2D eigenvalue weighted by Gasteiger charge is 2.01. The van der Waals surface area contributed by atoms with E-state index in [-0.39, 0.29) is 0 Å². The third kappa shape index (κ3) is 2.82. The molecule has 0 amide bonds. The minimum Gasteiger partial charge on any atom is -0.378 e. The molecule has 0 aliphatic carbocycles. The Morgan fingerprint density at radius 3 is 2.88 bits per heavy atom. The van der Waals surface area contributed by atoms with Gasteiger partial charge in [-0.05, 0) is 36.8 Å². The Labute approximate surface area is 101 Å². The van der Waals surface area contributed by atoms with Gasteiger partial charge in [-0.25, -0.2) is 0 Å². The van der Waals surface area contributed by atoms with Gasteiger partial charge in [0.2, 0.25) is 0 Å². The average molecular weight is 223 g/mol. The molecule has 84 valence electrons. The van der Waals surface area contributed by atoms with Crippen LogP contribution < -0.4 is 5.32 Å². The Bertz CT molecular complexity index is 541. The molecule has 0 bridgehead atoms. The number of rotatable bonds is 3. The summed E-state index contributed by atoms with van der Waals surface area (Å²) in [6, 6.07) is 13.8. The highest BCUT2D eigenvalue weighted by Crippen LogP contribution is 2.16. The zero-order valence-electron chi connectivity index (χ0n) is 9.64. The lowest BCUT2D eigenvalue weighted by molar-refractivity contribution is 1.04. The number of aromatic nitrogens is 1. The van der Waals surface area contributed by atoms with Crippen LogP contribution >= 0.6 is 0 Å². The van der Waals surface area contributed by atoms with Crippen molar-refractivity contribution >= 4 is 5.69 Å². The van der Waals surface area contributed by atoms with E-state index in [1.165, 1.54) is 0 Å². The maximum Gasteiger partial charge on any atom is 0.101 e. The van der Waals surface area contributed by atoms with Crippen molar-refractivity contribution in [1.82, 2.24) is 4.98 Å². The van der Waals surface area contributed by atoms with Crippen LogP contribution in [0.5, 0.6) is 0 Å². The molecule has 17 heavy (non-hydrogen) atoms. The quantitative estimate of drug-likeness (QED) is 0.870. The summed E-state index contributed by atoms with van der Waals surface area (Å²) in [7, 11) is 0. The monoisotopic (exact) mass is 223 g/mol. The predicted molar refractivity (Wildman–Crippen MR) is 67.5 cm³/mol. The van der Waals surface area contributed by atoms with Gasteiger partial charge in [-0.2, -0.15) is 5.26 Å². The normalized spacial score (nSPS) is 9.65. The van der Waals surface area contributed by atoms with Crippen molar-refractivity contribution in [2.45, 2.75) is 13.5 Å². The van der Waals surface area contributed by atoms with Crippen LogP contribution in [-0.4, -0.2) is 4.98 Å². The molecular weight excluding hydrogens is 210 g/mol. The van der Waals surface area contributed by atoms with Crippen molar-refractivity contribution in [3.8, 4) is 6.07 Å². The van der Waals surface area contributed by atoms with E-state index >= 15 is 0 Å². The number of benzene rings is 1. The van der Waals surface area contributed by atoms with Gasteiger partial charge in [0.25, 0.3) is 0 Å². The topological polar surface area (TPSA) is 48.7 Å². The fraction of sp³-hybridized carbons (Fsp3) is 0.143. The van der Waals surface area contributed by atoms with E-state index in [4.69, 9.17) is 5.26 Å². The van der Waals surface area contributed by atoms with E-state index in [1.807, 2.05) is 43.3 Å². The van der Waals surface area contributed by atoms with Crippen LogP contribution in [0.1, 0.15) is 16.8 Å². The molecule has 2 aromatic rings. The number of hydrogen-bond donors (Lipinski definition) is 1. The molecule has 3 heteroatoms. The number of pyridine rings is 1. The summed E-state index contributed by atoms with van der Waals surface area (Å²) < 4.78 is 0. The molecule has 0 spiro atoms. The minimum atomic E-state index is 0.624. The van der Waals surface area contributed by atoms with Gasteiger partial charge in [-0.3, -0.25) is 4.98 Å². The maximum absolute atomic E-state index is 9.03. The number of aryl methyl sites for hydroxylation is 1. The number of anilines is 1. The Morgan fingerprint density at radius 1 is 1.29 bits per heavy atom. The first-order chi connectivity index (χ1) is 8.29. The maximum atomic E-state index is 9.03. The third-order valence-electron chi connectivity index (χ3n) is 2.48. The van der Waals surface area contributed by atoms with E-state index in [0.717, 1.165) is 16.9 Å². The third-order valence-corrected chi connectivity index (χ3v) is 2.48. The molecule has 0 aliphatic heterocycles. The van der Waals surface area contributed by atoms with Gasteiger partial charge in [0.15, 0.2) is 0 Å². The molecule has 0 radical (unpaired) electrons. The van der Waals surface area contributed by atoms with Gasteiger partial charge in [-0.15, -0.1) is 0 Å².